The smallest absolute Gasteiger partial charge is 0.243 e. The van der Waals surface area contributed by atoms with Crippen LogP contribution < -0.4 is 20.1 Å². The molecular formula is C25H34N4O3. The van der Waals surface area contributed by atoms with E-state index in [9.17, 15) is 4.79 Å². The van der Waals surface area contributed by atoms with Gasteiger partial charge in [0.1, 0.15) is 18.0 Å². The third-order valence-electron chi connectivity index (χ3n) is 5.22. The molecule has 2 aromatic rings. The van der Waals surface area contributed by atoms with E-state index in [1.165, 1.54) is 5.56 Å². The van der Waals surface area contributed by atoms with E-state index in [0.717, 1.165) is 42.9 Å². The number of nitrogens with zero attached hydrogens (tertiary/aromatic N) is 2. The van der Waals surface area contributed by atoms with Crippen molar-refractivity contribution in [3.05, 3.63) is 59.7 Å². The lowest BCUT2D eigenvalue weighted by Gasteiger charge is -2.28. The topological polar surface area (TPSA) is 75.2 Å². The lowest BCUT2D eigenvalue weighted by atomic mass is 10.0. The van der Waals surface area contributed by atoms with Crippen molar-refractivity contribution in [2.24, 2.45) is 4.99 Å². The van der Waals surface area contributed by atoms with E-state index in [-0.39, 0.29) is 18.5 Å². The molecule has 0 aliphatic carbocycles. The number of likely N-dealkylation sites (N-methyl/N-ethyl adjacent to an activating group) is 1. The van der Waals surface area contributed by atoms with Crippen LogP contribution in [-0.2, 0) is 11.2 Å². The third kappa shape index (κ3) is 6.90. The third-order valence-corrected chi connectivity index (χ3v) is 5.22. The van der Waals surface area contributed by atoms with E-state index in [1.54, 1.807) is 19.0 Å². The maximum Gasteiger partial charge on any atom is 0.243 e. The van der Waals surface area contributed by atoms with Crippen molar-refractivity contribution in [2.45, 2.75) is 32.2 Å². The van der Waals surface area contributed by atoms with E-state index < -0.39 is 0 Å². The van der Waals surface area contributed by atoms with Gasteiger partial charge in [-0.05, 0) is 36.6 Å². The predicted octanol–water partition coefficient (Wildman–Crippen LogP) is 3.17. The van der Waals surface area contributed by atoms with Gasteiger partial charge in [-0.3, -0.25) is 4.79 Å². The summed E-state index contributed by atoms with van der Waals surface area (Å²) in [4.78, 5) is 18.2. The molecule has 2 aromatic carbocycles. The highest BCUT2D eigenvalue weighted by atomic mass is 16.5. The summed E-state index contributed by atoms with van der Waals surface area (Å²) in [6.07, 6.45) is 2.63. The highest BCUT2D eigenvalue weighted by Gasteiger charge is 2.22. The number of carbonyl (C=O) groups is 1. The first kappa shape index (κ1) is 23.4. The summed E-state index contributed by atoms with van der Waals surface area (Å²) in [6, 6.07) is 16.3. The van der Waals surface area contributed by atoms with Crippen LogP contribution in [0.2, 0.25) is 0 Å². The van der Waals surface area contributed by atoms with Crippen molar-refractivity contribution in [3.63, 3.8) is 0 Å². The summed E-state index contributed by atoms with van der Waals surface area (Å²) >= 11 is 0. The van der Waals surface area contributed by atoms with Crippen molar-refractivity contribution in [2.75, 3.05) is 40.4 Å². The lowest BCUT2D eigenvalue weighted by molar-refractivity contribution is -0.127. The van der Waals surface area contributed by atoms with Crippen LogP contribution in [0.3, 0.4) is 0 Å². The van der Waals surface area contributed by atoms with Crippen LogP contribution in [0.4, 0.5) is 0 Å². The van der Waals surface area contributed by atoms with Gasteiger partial charge in [0.15, 0.2) is 5.96 Å². The second-order valence-electron chi connectivity index (χ2n) is 8.00. The molecule has 0 aromatic heterocycles. The van der Waals surface area contributed by atoms with Crippen LogP contribution in [0.1, 0.15) is 36.9 Å². The Hall–Kier alpha value is -3.22. The summed E-state index contributed by atoms with van der Waals surface area (Å²) in [7, 11) is 3.47. The second-order valence-corrected chi connectivity index (χ2v) is 8.00. The minimum absolute atomic E-state index is 0.0424. The van der Waals surface area contributed by atoms with Crippen LogP contribution in [0.25, 0.3) is 0 Å². The van der Waals surface area contributed by atoms with Gasteiger partial charge in [0.2, 0.25) is 5.91 Å². The molecule has 0 spiro atoms. The van der Waals surface area contributed by atoms with E-state index in [4.69, 9.17) is 9.47 Å². The summed E-state index contributed by atoms with van der Waals surface area (Å²) in [5.41, 5.74) is 2.29. The Bertz CT molecular complexity index is 914. The van der Waals surface area contributed by atoms with Crippen molar-refractivity contribution < 1.29 is 14.3 Å². The van der Waals surface area contributed by atoms with Crippen molar-refractivity contribution in [3.8, 4) is 11.5 Å². The van der Waals surface area contributed by atoms with E-state index in [1.807, 2.05) is 30.3 Å². The van der Waals surface area contributed by atoms with E-state index in [2.05, 4.69) is 40.7 Å². The molecule has 1 amide bonds. The zero-order chi connectivity index (χ0) is 22.8. The molecule has 32 heavy (non-hydrogen) atoms. The molecule has 0 saturated carbocycles. The molecule has 1 unspecified atom stereocenters. The SMILES string of the molecule is CCCOc1cccc(CCNC(=NCC(=O)N(C)C)NC2CCOc3ccccc32)c1. The standard InChI is InChI=1S/C25H34N4O3/c1-4-15-31-20-9-7-8-19(17-20)12-14-26-25(27-18-24(30)29(2)3)28-22-13-16-32-23-11-6-5-10-21(22)23/h5-11,17,22H,4,12-16,18H2,1-3H3,(H2,26,27,28). The van der Waals surface area contributed by atoms with Gasteiger partial charge in [0.25, 0.3) is 0 Å². The molecule has 0 saturated heterocycles. The van der Waals surface area contributed by atoms with Crippen LogP contribution in [0.15, 0.2) is 53.5 Å². The number of fused-ring (bicyclic) bond motifs is 1. The zero-order valence-corrected chi connectivity index (χ0v) is 19.3. The van der Waals surface area contributed by atoms with Gasteiger partial charge in [-0.2, -0.15) is 0 Å². The van der Waals surface area contributed by atoms with Gasteiger partial charge < -0.3 is 25.0 Å². The molecule has 0 radical (unpaired) electrons. The normalized spacial score (nSPS) is 15.3. The molecule has 172 valence electrons. The second kappa shape index (κ2) is 12.0. The molecule has 2 N–H and O–H groups in total. The molecule has 1 aliphatic heterocycles. The maximum atomic E-state index is 12.1. The number of hydrogen-bond acceptors (Lipinski definition) is 4. The van der Waals surface area contributed by atoms with Crippen LogP contribution in [0.5, 0.6) is 11.5 Å². The Labute approximate surface area is 190 Å². The number of para-hydroxylation sites is 1. The van der Waals surface area contributed by atoms with E-state index in [0.29, 0.717) is 19.1 Å². The molecule has 1 heterocycles. The molecule has 1 atom stereocenters. The number of aliphatic imine (C=N–C) groups is 1. The molecule has 1 aliphatic rings. The summed E-state index contributed by atoms with van der Waals surface area (Å²) in [5, 5.41) is 6.89. The first-order valence-corrected chi connectivity index (χ1v) is 11.2. The molecule has 0 bridgehead atoms. The van der Waals surface area contributed by atoms with Gasteiger partial charge in [-0.15, -0.1) is 0 Å². The fourth-order valence-electron chi connectivity index (χ4n) is 3.43. The van der Waals surface area contributed by atoms with Gasteiger partial charge in [0.05, 0.1) is 19.3 Å². The largest absolute Gasteiger partial charge is 0.494 e. The minimum atomic E-state index is -0.0424. The van der Waals surface area contributed by atoms with Gasteiger partial charge in [0, 0.05) is 32.6 Å². The first-order valence-electron chi connectivity index (χ1n) is 11.2. The Morgan fingerprint density at radius 2 is 2.06 bits per heavy atom. The molecule has 0 fully saturated rings. The summed E-state index contributed by atoms with van der Waals surface area (Å²) in [6.45, 7) is 4.23. The van der Waals surface area contributed by atoms with Crippen LogP contribution in [-0.4, -0.2) is 57.2 Å². The fourth-order valence-corrected chi connectivity index (χ4v) is 3.43. The zero-order valence-electron chi connectivity index (χ0n) is 19.3. The van der Waals surface area contributed by atoms with Gasteiger partial charge in [-0.25, -0.2) is 4.99 Å². The van der Waals surface area contributed by atoms with E-state index >= 15 is 0 Å². The van der Waals surface area contributed by atoms with Crippen molar-refractivity contribution in [1.82, 2.24) is 15.5 Å². The van der Waals surface area contributed by atoms with Crippen LogP contribution >= 0.6 is 0 Å². The number of benzene rings is 2. The number of rotatable bonds is 9. The number of hydrogen-bond donors (Lipinski definition) is 2. The molecule has 7 heteroatoms. The molecule has 3 rings (SSSR count). The average Bonchev–Trinajstić information content (AvgIpc) is 2.81. The minimum Gasteiger partial charge on any atom is -0.494 e. The Kier molecular flexibility index (Phi) is 8.78. The highest BCUT2D eigenvalue weighted by Crippen LogP contribution is 2.31. The van der Waals surface area contributed by atoms with Crippen LogP contribution in [0, 0.1) is 0 Å². The van der Waals surface area contributed by atoms with Gasteiger partial charge >= 0.3 is 0 Å². The van der Waals surface area contributed by atoms with Gasteiger partial charge in [-0.1, -0.05) is 37.3 Å². The fraction of sp³-hybridized carbons (Fsp3) is 0.440. The Morgan fingerprint density at radius 3 is 2.88 bits per heavy atom. The summed E-state index contributed by atoms with van der Waals surface area (Å²) in [5.74, 6) is 2.37. The predicted molar refractivity (Wildman–Crippen MR) is 127 cm³/mol. The molecule has 7 nitrogen and oxygen atoms in total. The first-order chi connectivity index (χ1) is 15.6. The monoisotopic (exact) mass is 438 g/mol. The number of amides is 1. The molecular weight excluding hydrogens is 404 g/mol. The maximum absolute atomic E-state index is 12.1. The lowest BCUT2D eigenvalue weighted by Crippen LogP contribution is -2.42. The number of carbonyl (C=O) groups excluding carboxylic acids is 1. The number of ether oxygens (including phenoxy) is 2. The Balaban J connectivity index is 1.65. The van der Waals surface area contributed by atoms with Crippen molar-refractivity contribution in [1.29, 1.82) is 0 Å². The Morgan fingerprint density at radius 1 is 1.22 bits per heavy atom. The number of guanidine groups is 1. The summed E-state index contributed by atoms with van der Waals surface area (Å²) < 4.78 is 11.5. The van der Waals surface area contributed by atoms with Crippen molar-refractivity contribution >= 4 is 11.9 Å². The average molecular weight is 439 g/mol. The highest BCUT2D eigenvalue weighted by molar-refractivity contribution is 5.85. The number of nitrogens with one attached hydrogen (secondary N) is 2. The quantitative estimate of drug-likeness (QED) is 0.465.